The maximum Gasteiger partial charge on any atom is 0.325 e. The number of nitrogens with zero attached hydrogens (tertiary/aromatic N) is 1. The van der Waals surface area contributed by atoms with E-state index >= 15 is 0 Å². The number of ether oxygens (including phenoxy) is 1. The molecule has 0 spiro atoms. The molecule has 0 aliphatic rings. The molecule has 0 aliphatic heterocycles. The molecule has 9 nitrogen and oxygen atoms in total. The van der Waals surface area contributed by atoms with Gasteiger partial charge in [-0.2, -0.15) is 0 Å². The summed E-state index contributed by atoms with van der Waals surface area (Å²) in [6.45, 7) is -1.30. The van der Waals surface area contributed by atoms with Crippen molar-refractivity contribution in [3.63, 3.8) is 0 Å². The molecular weight excluding hydrogens is 380 g/mol. The molecule has 2 N–H and O–H groups in total. The lowest BCUT2D eigenvalue weighted by atomic mass is 10.2. The van der Waals surface area contributed by atoms with Gasteiger partial charge in [-0.25, -0.2) is 8.78 Å². The van der Waals surface area contributed by atoms with Crippen LogP contribution in [0.4, 0.5) is 20.2 Å². The fourth-order valence-corrected chi connectivity index (χ4v) is 1.98. The Bertz CT molecular complexity index is 935. The zero-order valence-electron chi connectivity index (χ0n) is 14.1. The normalized spacial score (nSPS) is 10.1. The largest absolute Gasteiger partial charge is 0.454 e. The number of carbonyl (C=O) groups excluding carboxylic acids is 3. The molecule has 28 heavy (non-hydrogen) atoms. The first kappa shape index (κ1) is 20.4. The quantitative estimate of drug-likeness (QED) is 0.419. The summed E-state index contributed by atoms with van der Waals surface area (Å²) in [5.41, 5.74) is -0.346. The Labute approximate surface area is 156 Å². The number of hydrogen-bond acceptors (Lipinski definition) is 6. The Morgan fingerprint density at radius 3 is 2.50 bits per heavy atom. The Morgan fingerprint density at radius 2 is 1.82 bits per heavy atom. The number of amides is 2. The number of carbonyl (C=O) groups is 3. The van der Waals surface area contributed by atoms with Gasteiger partial charge < -0.3 is 15.4 Å². The van der Waals surface area contributed by atoms with Crippen molar-refractivity contribution in [2.75, 3.05) is 18.5 Å². The second-order valence-electron chi connectivity index (χ2n) is 5.33. The summed E-state index contributed by atoms with van der Waals surface area (Å²) in [6.07, 6.45) is 0. The molecule has 0 fully saturated rings. The van der Waals surface area contributed by atoms with Crippen LogP contribution in [0.1, 0.15) is 10.4 Å². The van der Waals surface area contributed by atoms with Gasteiger partial charge in [0.1, 0.15) is 6.54 Å². The predicted molar refractivity (Wildman–Crippen MR) is 91.4 cm³/mol. The van der Waals surface area contributed by atoms with E-state index in [2.05, 4.69) is 15.4 Å². The lowest BCUT2D eigenvalue weighted by molar-refractivity contribution is -0.384. The molecule has 0 bridgehead atoms. The number of nitro benzene ring substituents is 1. The van der Waals surface area contributed by atoms with E-state index in [0.717, 1.165) is 24.3 Å². The van der Waals surface area contributed by atoms with Crippen molar-refractivity contribution < 1.29 is 32.8 Å². The minimum absolute atomic E-state index is 0.0288. The highest BCUT2D eigenvalue weighted by atomic mass is 19.2. The number of non-ortho nitro benzene ring substituents is 1. The van der Waals surface area contributed by atoms with Crippen LogP contribution in [0.15, 0.2) is 42.5 Å². The van der Waals surface area contributed by atoms with Crippen molar-refractivity contribution in [2.45, 2.75) is 0 Å². The van der Waals surface area contributed by atoms with E-state index in [1.54, 1.807) is 0 Å². The molecular formula is C17H13F2N3O6. The number of benzene rings is 2. The molecule has 0 saturated heterocycles. The van der Waals surface area contributed by atoms with Crippen LogP contribution in [0.25, 0.3) is 0 Å². The van der Waals surface area contributed by atoms with Crippen LogP contribution < -0.4 is 10.6 Å². The van der Waals surface area contributed by atoms with Crippen molar-refractivity contribution in [1.82, 2.24) is 5.32 Å². The second-order valence-corrected chi connectivity index (χ2v) is 5.33. The smallest absolute Gasteiger partial charge is 0.325 e. The van der Waals surface area contributed by atoms with Crippen molar-refractivity contribution in [3.05, 3.63) is 69.8 Å². The van der Waals surface area contributed by atoms with Gasteiger partial charge >= 0.3 is 5.97 Å². The molecule has 2 aromatic rings. The number of nitro groups is 1. The summed E-state index contributed by atoms with van der Waals surface area (Å²) in [7, 11) is 0. The Hall–Kier alpha value is -3.89. The van der Waals surface area contributed by atoms with Gasteiger partial charge in [-0.1, -0.05) is 6.07 Å². The summed E-state index contributed by atoms with van der Waals surface area (Å²) in [4.78, 5) is 45.1. The third-order valence-corrected chi connectivity index (χ3v) is 3.28. The van der Waals surface area contributed by atoms with Crippen molar-refractivity contribution >= 4 is 29.2 Å². The highest BCUT2D eigenvalue weighted by Crippen LogP contribution is 2.13. The molecule has 11 heteroatoms. The van der Waals surface area contributed by atoms with Gasteiger partial charge in [-0.3, -0.25) is 24.5 Å². The first-order chi connectivity index (χ1) is 13.3. The zero-order chi connectivity index (χ0) is 20.7. The molecule has 0 aliphatic carbocycles. The monoisotopic (exact) mass is 393 g/mol. The molecule has 2 aromatic carbocycles. The maximum absolute atomic E-state index is 13.0. The van der Waals surface area contributed by atoms with Gasteiger partial charge in [0, 0.05) is 29.4 Å². The number of hydrogen-bond donors (Lipinski definition) is 2. The van der Waals surface area contributed by atoms with Crippen molar-refractivity contribution in [2.24, 2.45) is 0 Å². The first-order valence-electron chi connectivity index (χ1n) is 7.69. The van der Waals surface area contributed by atoms with Gasteiger partial charge in [-0.05, 0) is 18.2 Å². The first-order valence-corrected chi connectivity index (χ1v) is 7.69. The fourth-order valence-electron chi connectivity index (χ4n) is 1.98. The van der Waals surface area contributed by atoms with Gasteiger partial charge in [0.15, 0.2) is 18.2 Å². The minimum Gasteiger partial charge on any atom is -0.454 e. The number of anilines is 1. The Kier molecular flexibility index (Phi) is 6.68. The van der Waals surface area contributed by atoms with E-state index in [1.807, 2.05) is 0 Å². The third-order valence-electron chi connectivity index (χ3n) is 3.28. The summed E-state index contributed by atoms with van der Waals surface area (Å²) in [5, 5.41) is 15.1. The fraction of sp³-hybridized carbons (Fsp3) is 0.118. The van der Waals surface area contributed by atoms with Crippen LogP contribution in [-0.4, -0.2) is 35.9 Å². The van der Waals surface area contributed by atoms with Gasteiger partial charge in [0.25, 0.3) is 17.5 Å². The highest BCUT2D eigenvalue weighted by Gasteiger charge is 2.14. The van der Waals surface area contributed by atoms with Gasteiger partial charge in [0.2, 0.25) is 0 Å². The summed E-state index contributed by atoms with van der Waals surface area (Å²) in [6, 6.07) is 7.58. The predicted octanol–water partition coefficient (Wildman–Crippen LogP) is 1.78. The molecule has 146 valence electrons. The number of rotatable bonds is 7. The van der Waals surface area contributed by atoms with Crippen molar-refractivity contribution in [3.8, 4) is 0 Å². The zero-order valence-corrected chi connectivity index (χ0v) is 14.1. The standard InChI is InChI=1S/C17H13F2N3O6/c18-13-5-4-11(7-14(13)19)21-15(23)9-28-16(24)8-20-17(25)10-2-1-3-12(6-10)22(26)27/h1-7H,8-9H2,(H,20,25)(H,21,23). The molecule has 2 rings (SSSR count). The van der Waals surface area contributed by atoms with Crippen LogP contribution in [0, 0.1) is 21.7 Å². The van der Waals surface area contributed by atoms with Crippen LogP contribution in [0.2, 0.25) is 0 Å². The lowest BCUT2D eigenvalue weighted by Gasteiger charge is -2.08. The van der Waals surface area contributed by atoms with Crippen LogP contribution in [0.5, 0.6) is 0 Å². The van der Waals surface area contributed by atoms with E-state index in [4.69, 9.17) is 0 Å². The average Bonchev–Trinajstić information content (AvgIpc) is 2.67. The number of nitrogens with one attached hydrogen (secondary N) is 2. The molecule has 2 amide bonds. The summed E-state index contributed by atoms with van der Waals surface area (Å²) >= 11 is 0. The Morgan fingerprint density at radius 1 is 1.07 bits per heavy atom. The third kappa shape index (κ3) is 5.83. The molecule has 0 atom stereocenters. The second kappa shape index (κ2) is 9.16. The average molecular weight is 393 g/mol. The summed E-state index contributed by atoms with van der Waals surface area (Å²) < 4.78 is 30.5. The lowest BCUT2D eigenvalue weighted by Crippen LogP contribution is -2.32. The molecule has 0 radical (unpaired) electrons. The van der Waals surface area contributed by atoms with Crippen LogP contribution in [0.3, 0.4) is 0 Å². The minimum atomic E-state index is -1.15. The maximum atomic E-state index is 13.0. The van der Waals surface area contributed by atoms with Gasteiger partial charge in [-0.15, -0.1) is 0 Å². The van der Waals surface area contributed by atoms with Crippen LogP contribution >= 0.6 is 0 Å². The number of halogens is 2. The van der Waals surface area contributed by atoms with E-state index < -0.39 is 47.5 Å². The molecule has 0 saturated carbocycles. The van der Waals surface area contributed by atoms with Gasteiger partial charge in [0.05, 0.1) is 4.92 Å². The van der Waals surface area contributed by atoms with Crippen LogP contribution in [-0.2, 0) is 14.3 Å². The SMILES string of the molecule is O=C(COC(=O)CNC(=O)c1cccc([N+](=O)[O-])c1)Nc1ccc(F)c(F)c1. The van der Waals surface area contributed by atoms with E-state index in [-0.39, 0.29) is 16.9 Å². The Balaban J connectivity index is 1.78. The topological polar surface area (TPSA) is 128 Å². The summed E-state index contributed by atoms with van der Waals surface area (Å²) in [5.74, 6) is -4.72. The molecule has 0 aromatic heterocycles. The molecule has 0 heterocycles. The van der Waals surface area contributed by atoms with E-state index in [0.29, 0.717) is 0 Å². The van der Waals surface area contributed by atoms with Crippen molar-refractivity contribution in [1.29, 1.82) is 0 Å². The van der Waals surface area contributed by atoms with E-state index in [1.165, 1.54) is 18.2 Å². The highest BCUT2D eigenvalue weighted by molar-refractivity contribution is 5.97. The number of esters is 1. The molecule has 0 unspecified atom stereocenters. The van der Waals surface area contributed by atoms with E-state index in [9.17, 15) is 33.3 Å².